The third-order valence-corrected chi connectivity index (χ3v) is 3.95. The van der Waals surface area contributed by atoms with Crippen LogP contribution in [0.5, 0.6) is 0 Å². The molecule has 0 aromatic carbocycles. The Morgan fingerprint density at radius 3 is 2.55 bits per heavy atom. The average molecular weight is 336 g/mol. The fourth-order valence-electron chi connectivity index (χ4n) is 1.73. The van der Waals surface area contributed by atoms with E-state index in [-0.39, 0.29) is 30.2 Å². The third-order valence-electron chi connectivity index (χ3n) is 3.01. The van der Waals surface area contributed by atoms with Crippen molar-refractivity contribution in [3.8, 4) is 0 Å². The lowest BCUT2D eigenvalue weighted by molar-refractivity contribution is -0.137. The predicted molar refractivity (Wildman–Crippen MR) is 78.4 cm³/mol. The van der Waals surface area contributed by atoms with E-state index < -0.39 is 11.7 Å². The van der Waals surface area contributed by atoms with Gasteiger partial charge in [-0.15, -0.1) is 0 Å². The van der Waals surface area contributed by atoms with Gasteiger partial charge in [0.05, 0.1) is 16.3 Å². The number of alkyl halides is 3. The van der Waals surface area contributed by atoms with Crippen LogP contribution >= 0.6 is 11.8 Å². The molecule has 4 nitrogen and oxygen atoms in total. The number of nitrogens with zero attached hydrogens (tertiary/aromatic N) is 1. The minimum Gasteiger partial charge on any atom is -0.396 e. The van der Waals surface area contributed by atoms with E-state index in [9.17, 15) is 18.0 Å². The number of hydrogen-bond acceptors (Lipinski definition) is 4. The average Bonchev–Trinajstić information content (AvgIpc) is 2.44. The molecule has 0 spiro atoms. The van der Waals surface area contributed by atoms with Crippen LogP contribution in [0.3, 0.4) is 0 Å². The smallest absolute Gasteiger partial charge is 0.396 e. The first kappa shape index (κ1) is 18.8. The predicted octanol–water partition coefficient (Wildman–Crippen LogP) is 2.72. The number of aromatic nitrogens is 1. The molecule has 1 aromatic heterocycles. The van der Waals surface area contributed by atoms with Gasteiger partial charge in [-0.25, -0.2) is 4.98 Å². The number of carbonyl (C=O) groups is 1. The molecule has 1 rings (SSSR count). The van der Waals surface area contributed by atoms with E-state index >= 15 is 0 Å². The second kappa shape index (κ2) is 8.38. The fraction of sp³-hybridized carbons (Fsp3) is 0.571. The molecule has 0 fully saturated rings. The molecule has 0 saturated carbocycles. The standard InChI is InChI=1S/C14H19F3N2O2S/c1-9(2)11(5-6-20)19-12(21)8-22-13-4-3-10(7-18-13)14(15,16)17/h3-4,7,9,11,20H,5-6,8H2,1-2H3,(H,19,21). The molecule has 22 heavy (non-hydrogen) atoms. The molecule has 0 bridgehead atoms. The maximum Gasteiger partial charge on any atom is 0.417 e. The zero-order valence-corrected chi connectivity index (χ0v) is 13.2. The van der Waals surface area contributed by atoms with Crippen LogP contribution in [0, 0.1) is 5.92 Å². The third kappa shape index (κ3) is 6.23. The summed E-state index contributed by atoms with van der Waals surface area (Å²) < 4.78 is 37.2. The lowest BCUT2D eigenvalue weighted by Crippen LogP contribution is -2.40. The Morgan fingerprint density at radius 2 is 2.09 bits per heavy atom. The number of pyridine rings is 1. The number of halogens is 3. The summed E-state index contributed by atoms with van der Waals surface area (Å²) in [5, 5.41) is 12.1. The van der Waals surface area contributed by atoms with Crippen molar-refractivity contribution >= 4 is 17.7 Å². The number of aliphatic hydroxyl groups is 1. The molecule has 1 heterocycles. The van der Waals surface area contributed by atoms with Gasteiger partial charge in [0.25, 0.3) is 0 Å². The van der Waals surface area contributed by atoms with Crippen molar-refractivity contribution in [2.75, 3.05) is 12.4 Å². The molecule has 2 N–H and O–H groups in total. The van der Waals surface area contributed by atoms with Gasteiger partial charge >= 0.3 is 6.18 Å². The van der Waals surface area contributed by atoms with Gasteiger partial charge in [0.1, 0.15) is 0 Å². The van der Waals surface area contributed by atoms with E-state index in [1.807, 2.05) is 13.8 Å². The lowest BCUT2D eigenvalue weighted by atomic mass is 10.0. The number of nitrogens with one attached hydrogen (secondary N) is 1. The van der Waals surface area contributed by atoms with Crippen LogP contribution in [-0.4, -0.2) is 34.4 Å². The van der Waals surface area contributed by atoms with Crippen LogP contribution in [0.25, 0.3) is 0 Å². The van der Waals surface area contributed by atoms with Crippen molar-refractivity contribution < 1.29 is 23.1 Å². The molecule has 8 heteroatoms. The van der Waals surface area contributed by atoms with Gasteiger partial charge in [-0.05, 0) is 24.5 Å². The van der Waals surface area contributed by atoms with Gasteiger partial charge < -0.3 is 10.4 Å². The Labute approximate surface area is 131 Å². The quantitative estimate of drug-likeness (QED) is 0.752. The normalized spacial score (nSPS) is 13.2. The number of carbonyl (C=O) groups excluding carboxylic acids is 1. The topological polar surface area (TPSA) is 62.2 Å². The molecule has 1 atom stereocenters. The molecule has 0 aliphatic heterocycles. The highest BCUT2D eigenvalue weighted by molar-refractivity contribution is 7.99. The van der Waals surface area contributed by atoms with Crippen molar-refractivity contribution in [1.82, 2.24) is 10.3 Å². The number of rotatable bonds is 7. The second-order valence-corrected chi connectivity index (χ2v) is 6.10. The second-order valence-electron chi connectivity index (χ2n) is 5.10. The fourth-order valence-corrected chi connectivity index (χ4v) is 2.39. The number of aliphatic hydroxyl groups excluding tert-OH is 1. The van der Waals surface area contributed by atoms with Gasteiger partial charge in [-0.3, -0.25) is 4.79 Å². The van der Waals surface area contributed by atoms with Crippen molar-refractivity contribution in [3.05, 3.63) is 23.9 Å². The Balaban J connectivity index is 2.50. The highest BCUT2D eigenvalue weighted by atomic mass is 32.2. The van der Waals surface area contributed by atoms with Gasteiger partial charge in [-0.1, -0.05) is 25.6 Å². The zero-order valence-electron chi connectivity index (χ0n) is 12.4. The molecule has 1 aromatic rings. The Hall–Kier alpha value is -1.28. The molecular weight excluding hydrogens is 317 g/mol. The highest BCUT2D eigenvalue weighted by Gasteiger charge is 2.30. The summed E-state index contributed by atoms with van der Waals surface area (Å²) in [4.78, 5) is 15.5. The molecule has 0 saturated heterocycles. The largest absolute Gasteiger partial charge is 0.417 e. The van der Waals surface area contributed by atoms with E-state index in [1.54, 1.807) is 0 Å². The Morgan fingerprint density at radius 1 is 1.41 bits per heavy atom. The summed E-state index contributed by atoms with van der Waals surface area (Å²) in [6, 6.07) is 2.06. The van der Waals surface area contributed by atoms with Crippen LogP contribution in [0.4, 0.5) is 13.2 Å². The first-order chi connectivity index (χ1) is 10.2. The molecule has 1 amide bonds. The zero-order chi connectivity index (χ0) is 16.8. The van der Waals surface area contributed by atoms with Crippen LogP contribution < -0.4 is 5.32 Å². The first-order valence-electron chi connectivity index (χ1n) is 6.80. The van der Waals surface area contributed by atoms with E-state index in [0.29, 0.717) is 11.4 Å². The van der Waals surface area contributed by atoms with Crippen LogP contribution in [0.1, 0.15) is 25.8 Å². The number of thioether (sulfide) groups is 1. The molecule has 0 aliphatic rings. The summed E-state index contributed by atoms with van der Waals surface area (Å²) in [6.07, 6.45) is -3.20. The summed E-state index contributed by atoms with van der Waals surface area (Å²) >= 11 is 1.07. The number of hydrogen-bond donors (Lipinski definition) is 2. The summed E-state index contributed by atoms with van der Waals surface area (Å²) in [5.74, 6) is 0.0108. The van der Waals surface area contributed by atoms with Crippen LogP contribution in [0.2, 0.25) is 0 Å². The SMILES string of the molecule is CC(C)C(CCO)NC(=O)CSc1ccc(C(F)(F)F)cn1. The van der Waals surface area contributed by atoms with E-state index in [1.165, 1.54) is 6.07 Å². The molecule has 124 valence electrons. The molecule has 0 radical (unpaired) electrons. The van der Waals surface area contributed by atoms with Crippen molar-refractivity contribution in [3.63, 3.8) is 0 Å². The minimum absolute atomic E-state index is 0.0171. The van der Waals surface area contributed by atoms with Gasteiger partial charge in [0.2, 0.25) is 5.91 Å². The van der Waals surface area contributed by atoms with Gasteiger partial charge in [0, 0.05) is 18.8 Å². The monoisotopic (exact) mass is 336 g/mol. The first-order valence-corrected chi connectivity index (χ1v) is 7.79. The molecule has 0 aliphatic carbocycles. The molecular formula is C14H19F3N2O2S. The highest BCUT2D eigenvalue weighted by Crippen LogP contribution is 2.29. The van der Waals surface area contributed by atoms with Gasteiger partial charge in [-0.2, -0.15) is 13.2 Å². The Bertz CT molecular complexity index is 478. The van der Waals surface area contributed by atoms with E-state index in [0.717, 1.165) is 24.0 Å². The van der Waals surface area contributed by atoms with Crippen molar-refractivity contribution in [1.29, 1.82) is 0 Å². The number of amides is 1. The van der Waals surface area contributed by atoms with Crippen LogP contribution in [0.15, 0.2) is 23.4 Å². The van der Waals surface area contributed by atoms with Crippen molar-refractivity contribution in [2.24, 2.45) is 5.92 Å². The maximum atomic E-state index is 12.4. The summed E-state index contributed by atoms with van der Waals surface area (Å²) in [6.45, 7) is 3.85. The van der Waals surface area contributed by atoms with Crippen LogP contribution in [-0.2, 0) is 11.0 Å². The van der Waals surface area contributed by atoms with E-state index in [2.05, 4.69) is 10.3 Å². The van der Waals surface area contributed by atoms with Gasteiger partial charge in [0.15, 0.2) is 0 Å². The summed E-state index contributed by atoms with van der Waals surface area (Å²) in [5.41, 5.74) is -0.816. The summed E-state index contributed by atoms with van der Waals surface area (Å²) in [7, 11) is 0. The lowest BCUT2D eigenvalue weighted by Gasteiger charge is -2.21. The van der Waals surface area contributed by atoms with Crippen molar-refractivity contribution in [2.45, 2.75) is 37.5 Å². The van der Waals surface area contributed by atoms with E-state index in [4.69, 9.17) is 5.11 Å². The maximum absolute atomic E-state index is 12.4. The Kier molecular flexibility index (Phi) is 7.15. The molecule has 1 unspecified atom stereocenters. The minimum atomic E-state index is -4.41.